The summed E-state index contributed by atoms with van der Waals surface area (Å²) in [6, 6.07) is 23.7. The Morgan fingerprint density at radius 2 is 1.54 bits per heavy atom. The zero-order valence-electron chi connectivity index (χ0n) is 19.9. The van der Waals surface area contributed by atoms with Crippen LogP contribution in [-0.2, 0) is 9.59 Å². The Labute approximate surface area is 205 Å². The lowest BCUT2D eigenvalue weighted by Crippen LogP contribution is -2.52. The van der Waals surface area contributed by atoms with Gasteiger partial charge in [0.1, 0.15) is 12.6 Å². The van der Waals surface area contributed by atoms with E-state index < -0.39 is 12.1 Å². The van der Waals surface area contributed by atoms with E-state index in [1.165, 1.54) is 0 Å². The summed E-state index contributed by atoms with van der Waals surface area (Å²) in [5.41, 5.74) is 2.47. The number of fused-ring (bicyclic) bond motifs is 1. The number of aryl methyl sites for hydroxylation is 1. The molecule has 3 aromatic carbocycles. The van der Waals surface area contributed by atoms with E-state index in [1.807, 2.05) is 79.7 Å². The van der Waals surface area contributed by atoms with Crippen molar-refractivity contribution in [2.75, 3.05) is 11.5 Å². The van der Waals surface area contributed by atoms with Crippen LogP contribution in [0.3, 0.4) is 0 Å². The van der Waals surface area contributed by atoms with E-state index in [-0.39, 0.29) is 24.5 Å². The van der Waals surface area contributed by atoms with Gasteiger partial charge in [-0.2, -0.15) is 0 Å². The fourth-order valence-electron chi connectivity index (χ4n) is 4.81. The summed E-state index contributed by atoms with van der Waals surface area (Å²) in [4.78, 5) is 29.4. The molecule has 1 fully saturated rings. The molecule has 2 unspecified atom stereocenters. The second-order valence-electron chi connectivity index (χ2n) is 9.21. The highest BCUT2D eigenvalue weighted by molar-refractivity contribution is 6.03. The van der Waals surface area contributed by atoms with Gasteiger partial charge in [-0.05, 0) is 49.6 Å². The van der Waals surface area contributed by atoms with E-state index >= 15 is 0 Å². The van der Waals surface area contributed by atoms with Crippen molar-refractivity contribution in [3.8, 4) is 11.5 Å². The Morgan fingerprint density at radius 1 is 0.886 bits per heavy atom. The minimum absolute atomic E-state index is 0.0735. The molecule has 1 saturated carbocycles. The van der Waals surface area contributed by atoms with Crippen LogP contribution < -0.4 is 19.7 Å². The minimum atomic E-state index is -0.877. The molecule has 180 valence electrons. The van der Waals surface area contributed by atoms with Crippen LogP contribution in [0, 0.1) is 6.92 Å². The molecule has 1 aliphatic heterocycles. The van der Waals surface area contributed by atoms with E-state index in [0.29, 0.717) is 17.2 Å². The zero-order chi connectivity index (χ0) is 24.2. The summed E-state index contributed by atoms with van der Waals surface area (Å²) < 4.78 is 11.9. The molecule has 2 atom stereocenters. The van der Waals surface area contributed by atoms with Crippen LogP contribution in [-0.4, -0.2) is 30.6 Å². The first-order chi connectivity index (χ1) is 17.1. The first-order valence-corrected chi connectivity index (χ1v) is 12.2. The van der Waals surface area contributed by atoms with Gasteiger partial charge >= 0.3 is 0 Å². The number of nitrogens with one attached hydrogen (secondary N) is 1. The Morgan fingerprint density at radius 3 is 2.26 bits per heavy atom. The second-order valence-corrected chi connectivity index (χ2v) is 9.21. The summed E-state index contributed by atoms with van der Waals surface area (Å²) in [7, 11) is 0. The molecule has 6 nitrogen and oxygen atoms in total. The molecule has 1 aliphatic carbocycles. The molecule has 1 N–H and O–H groups in total. The largest absolute Gasteiger partial charge is 0.485 e. The average Bonchev–Trinajstić information content (AvgIpc) is 3.41. The van der Waals surface area contributed by atoms with Crippen molar-refractivity contribution in [2.24, 2.45) is 0 Å². The predicted octanol–water partition coefficient (Wildman–Crippen LogP) is 4.97. The Kier molecular flexibility index (Phi) is 6.70. The smallest absolute Gasteiger partial charge is 0.272 e. The van der Waals surface area contributed by atoms with Gasteiger partial charge < -0.3 is 14.8 Å². The molecule has 0 aromatic heterocycles. The summed E-state index contributed by atoms with van der Waals surface area (Å²) in [6.07, 6.45) is 3.25. The average molecular weight is 471 g/mol. The van der Waals surface area contributed by atoms with E-state index in [0.717, 1.165) is 36.8 Å². The van der Waals surface area contributed by atoms with Gasteiger partial charge in [0.2, 0.25) is 12.0 Å². The first-order valence-electron chi connectivity index (χ1n) is 12.2. The third kappa shape index (κ3) is 5.02. The van der Waals surface area contributed by atoms with Crippen LogP contribution in [0.5, 0.6) is 11.5 Å². The lowest BCUT2D eigenvalue weighted by atomic mass is 10.00. The fourth-order valence-corrected chi connectivity index (χ4v) is 4.81. The van der Waals surface area contributed by atoms with Gasteiger partial charge in [0.25, 0.3) is 5.91 Å². The molecule has 0 saturated heterocycles. The van der Waals surface area contributed by atoms with Crippen molar-refractivity contribution >= 4 is 17.5 Å². The Hall–Kier alpha value is -3.80. The quantitative estimate of drug-likeness (QED) is 0.553. The molecule has 3 aromatic rings. The monoisotopic (exact) mass is 470 g/mol. The topological polar surface area (TPSA) is 67.9 Å². The van der Waals surface area contributed by atoms with Crippen LogP contribution in [0.25, 0.3) is 0 Å². The van der Waals surface area contributed by atoms with Crippen LogP contribution in [0.1, 0.15) is 42.9 Å². The summed E-state index contributed by atoms with van der Waals surface area (Å²) in [6.45, 7) is 2.08. The lowest BCUT2D eigenvalue weighted by Gasteiger charge is -2.35. The molecule has 2 amide bonds. The standard InChI is InChI=1S/C29H30N2O4/c1-20-15-17-21(18-16-20)27(28(32)30-22-9-5-6-10-22)31(23-11-3-2-4-12-23)29(33)26-19-34-24-13-7-8-14-25(24)35-26/h2-4,7-8,11-18,22,26-27H,5-6,9-10,19H2,1H3,(H,30,32). The van der Waals surface area contributed by atoms with E-state index in [9.17, 15) is 9.59 Å². The van der Waals surface area contributed by atoms with E-state index in [2.05, 4.69) is 5.32 Å². The highest BCUT2D eigenvalue weighted by atomic mass is 16.6. The van der Waals surface area contributed by atoms with Crippen LogP contribution >= 0.6 is 0 Å². The second kappa shape index (κ2) is 10.2. The molecule has 0 bridgehead atoms. The molecular formula is C29H30N2O4. The highest BCUT2D eigenvalue weighted by Crippen LogP contribution is 2.34. The lowest BCUT2D eigenvalue weighted by molar-refractivity contribution is -0.132. The summed E-state index contributed by atoms with van der Waals surface area (Å²) >= 11 is 0. The number of carbonyl (C=O) groups is 2. The summed E-state index contributed by atoms with van der Waals surface area (Å²) in [5, 5.41) is 3.21. The Bertz CT molecular complexity index is 1170. The van der Waals surface area contributed by atoms with Crippen molar-refractivity contribution in [1.29, 1.82) is 0 Å². The number of carbonyl (C=O) groups excluding carboxylic acids is 2. The van der Waals surface area contributed by atoms with Crippen molar-refractivity contribution in [3.05, 3.63) is 90.0 Å². The number of hydrogen-bond donors (Lipinski definition) is 1. The maximum absolute atomic E-state index is 14.1. The molecular weight excluding hydrogens is 440 g/mol. The highest BCUT2D eigenvalue weighted by Gasteiger charge is 2.39. The van der Waals surface area contributed by atoms with Gasteiger partial charge in [-0.3, -0.25) is 14.5 Å². The van der Waals surface area contributed by atoms with E-state index in [4.69, 9.17) is 9.47 Å². The van der Waals surface area contributed by atoms with Crippen molar-refractivity contribution in [1.82, 2.24) is 5.32 Å². The first kappa shape index (κ1) is 23.0. The van der Waals surface area contributed by atoms with Gasteiger partial charge in [-0.25, -0.2) is 0 Å². The van der Waals surface area contributed by atoms with Crippen LogP contribution in [0.15, 0.2) is 78.9 Å². The Balaban J connectivity index is 1.53. The molecule has 5 rings (SSSR count). The van der Waals surface area contributed by atoms with Gasteiger partial charge in [0.15, 0.2) is 11.5 Å². The van der Waals surface area contributed by atoms with E-state index in [1.54, 1.807) is 11.0 Å². The number of rotatable bonds is 6. The maximum Gasteiger partial charge on any atom is 0.272 e. The van der Waals surface area contributed by atoms with Crippen molar-refractivity contribution in [3.63, 3.8) is 0 Å². The number of benzene rings is 3. The maximum atomic E-state index is 14.1. The number of amides is 2. The van der Waals surface area contributed by atoms with Gasteiger partial charge in [0.05, 0.1) is 0 Å². The molecule has 0 radical (unpaired) electrons. The molecule has 1 heterocycles. The number of para-hydroxylation sites is 3. The molecule has 0 spiro atoms. The van der Waals surface area contributed by atoms with Gasteiger partial charge in [-0.15, -0.1) is 0 Å². The third-order valence-electron chi connectivity index (χ3n) is 6.66. The fraction of sp³-hybridized carbons (Fsp3) is 0.310. The predicted molar refractivity (Wildman–Crippen MR) is 135 cm³/mol. The minimum Gasteiger partial charge on any atom is -0.485 e. The SMILES string of the molecule is Cc1ccc(C(C(=O)NC2CCCC2)N(C(=O)C2COc3ccccc3O2)c2ccccc2)cc1. The number of ether oxygens (including phenoxy) is 2. The third-order valence-corrected chi connectivity index (χ3v) is 6.66. The van der Waals surface area contributed by atoms with Crippen molar-refractivity contribution in [2.45, 2.75) is 50.8 Å². The summed E-state index contributed by atoms with van der Waals surface area (Å²) in [5.74, 6) is 0.622. The zero-order valence-corrected chi connectivity index (χ0v) is 19.9. The van der Waals surface area contributed by atoms with Gasteiger partial charge in [0, 0.05) is 11.7 Å². The number of hydrogen-bond acceptors (Lipinski definition) is 4. The number of nitrogens with zero attached hydrogens (tertiary/aromatic N) is 1. The van der Waals surface area contributed by atoms with Gasteiger partial charge in [-0.1, -0.05) is 73.0 Å². The molecule has 35 heavy (non-hydrogen) atoms. The molecule has 2 aliphatic rings. The van der Waals surface area contributed by atoms with Crippen LogP contribution in [0.2, 0.25) is 0 Å². The van der Waals surface area contributed by atoms with Crippen molar-refractivity contribution < 1.29 is 19.1 Å². The molecule has 6 heteroatoms. The number of anilines is 1. The normalized spacial score (nSPS) is 18.0. The van der Waals surface area contributed by atoms with Crippen LogP contribution in [0.4, 0.5) is 5.69 Å².